The first-order valence-corrected chi connectivity index (χ1v) is 3.30. The van der Waals surface area contributed by atoms with Gasteiger partial charge in [0.15, 0.2) is 0 Å². The highest BCUT2D eigenvalue weighted by Gasteiger charge is 2.00. The molecule has 0 saturated heterocycles. The summed E-state index contributed by atoms with van der Waals surface area (Å²) < 4.78 is 0. The molecule has 0 aliphatic rings. The van der Waals surface area contributed by atoms with Crippen LogP contribution in [0.3, 0.4) is 0 Å². The van der Waals surface area contributed by atoms with E-state index >= 15 is 0 Å². The van der Waals surface area contributed by atoms with Gasteiger partial charge in [0.25, 0.3) is 0 Å². The van der Waals surface area contributed by atoms with Crippen molar-refractivity contribution in [1.29, 1.82) is 0 Å². The molecule has 0 unspecified atom stereocenters. The average molecular weight is 207 g/mol. The van der Waals surface area contributed by atoms with Gasteiger partial charge in [-0.25, -0.2) is 4.79 Å². The van der Waals surface area contributed by atoms with E-state index in [-0.39, 0.29) is 31.4 Å². The van der Waals surface area contributed by atoms with Gasteiger partial charge in [-0.05, 0) is 6.92 Å². The summed E-state index contributed by atoms with van der Waals surface area (Å²) in [6.45, 7) is 1.67. The van der Waals surface area contributed by atoms with Crippen LogP contribution in [0, 0.1) is 11.8 Å². The fraction of sp³-hybridized carbons (Fsp3) is 0.429. The van der Waals surface area contributed by atoms with Crippen LogP contribution in [0.25, 0.3) is 0 Å². The van der Waals surface area contributed by atoms with Gasteiger partial charge in [0.1, 0.15) is 6.54 Å². The minimum absolute atomic E-state index is 0. The molecule has 0 aliphatic heterocycles. The van der Waals surface area contributed by atoms with Gasteiger partial charge in [-0.1, -0.05) is 5.92 Å². The highest BCUT2D eigenvalue weighted by atomic mass is 35.5. The lowest BCUT2D eigenvalue weighted by molar-refractivity contribution is -0.119. The second kappa shape index (κ2) is 8.68. The summed E-state index contributed by atoms with van der Waals surface area (Å²) in [5.41, 5.74) is 0. The van der Waals surface area contributed by atoms with Crippen LogP contribution in [0.1, 0.15) is 6.92 Å². The molecule has 0 spiro atoms. The van der Waals surface area contributed by atoms with Gasteiger partial charge in [-0.3, -0.25) is 4.79 Å². The molecule has 0 heterocycles. The molecule has 0 saturated carbocycles. The topological polar surface area (TPSA) is 78.4 Å². The Morgan fingerprint density at radius 2 is 2.00 bits per heavy atom. The minimum Gasteiger partial charge on any atom is -0.465 e. The van der Waals surface area contributed by atoms with E-state index in [1.54, 1.807) is 6.92 Å². The number of rotatable bonds is 3. The summed E-state index contributed by atoms with van der Waals surface area (Å²) in [4.78, 5) is 20.6. The van der Waals surface area contributed by atoms with Gasteiger partial charge in [0.05, 0.1) is 6.54 Å². The maximum atomic E-state index is 10.7. The van der Waals surface area contributed by atoms with Crippen molar-refractivity contribution < 1.29 is 14.7 Å². The molecule has 0 fully saturated rings. The Hall–Kier alpha value is -1.41. The number of hydrogen-bond acceptors (Lipinski definition) is 2. The second-order valence-electron chi connectivity index (χ2n) is 1.86. The minimum atomic E-state index is -1.22. The van der Waals surface area contributed by atoms with Crippen LogP contribution in [-0.4, -0.2) is 30.2 Å². The van der Waals surface area contributed by atoms with Crippen LogP contribution in [0.2, 0.25) is 0 Å². The van der Waals surface area contributed by atoms with Gasteiger partial charge in [-0.2, -0.15) is 0 Å². The van der Waals surface area contributed by atoms with Crippen molar-refractivity contribution in [3.63, 3.8) is 0 Å². The van der Waals surface area contributed by atoms with Crippen molar-refractivity contribution in [3.05, 3.63) is 0 Å². The molecule has 2 amide bonds. The molecule has 13 heavy (non-hydrogen) atoms. The molecule has 0 aromatic rings. The number of halogens is 1. The van der Waals surface area contributed by atoms with E-state index < -0.39 is 6.09 Å². The van der Waals surface area contributed by atoms with Crippen molar-refractivity contribution in [3.8, 4) is 11.8 Å². The van der Waals surface area contributed by atoms with E-state index in [9.17, 15) is 9.59 Å². The zero-order chi connectivity index (χ0) is 9.40. The largest absolute Gasteiger partial charge is 0.465 e. The molecule has 5 nitrogen and oxygen atoms in total. The molecular weight excluding hydrogens is 196 g/mol. The van der Waals surface area contributed by atoms with E-state index in [1.165, 1.54) is 0 Å². The number of carbonyl (C=O) groups excluding carboxylic acids is 1. The Kier molecular flexibility index (Phi) is 9.44. The third-order valence-corrected chi connectivity index (χ3v) is 0.951. The molecule has 0 rings (SSSR count). The molecule has 0 atom stereocenters. The predicted octanol–water partition coefficient (Wildman–Crippen LogP) is -0.185. The van der Waals surface area contributed by atoms with Crippen molar-refractivity contribution in [1.82, 2.24) is 10.6 Å². The van der Waals surface area contributed by atoms with Crippen LogP contribution in [0.15, 0.2) is 0 Å². The molecule has 0 aliphatic carbocycles. The molecule has 0 aromatic heterocycles. The maximum absolute atomic E-state index is 10.7. The van der Waals surface area contributed by atoms with Crippen molar-refractivity contribution in [2.75, 3.05) is 13.1 Å². The number of hydrogen-bond donors (Lipinski definition) is 3. The number of amides is 2. The molecule has 0 radical (unpaired) electrons. The summed E-state index contributed by atoms with van der Waals surface area (Å²) in [5.74, 6) is 4.81. The molecule has 0 bridgehead atoms. The fourth-order valence-corrected chi connectivity index (χ4v) is 0.450. The molecular formula is C7H11ClN2O3. The highest BCUT2D eigenvalue weighted by molar-refractivity contribution is 5.85. The van der Waals surface area contributed by atoms with Crippen molar-refractivity contribution in [2.24, 2.45) is 0 Å². The summed E-state index contributed by atoms with van der Waals surface area (Å²) in [6, 6.07) is 0. The Morgan fingerprint density at radius 3 is 2.46 bits per heavy atom. The van der Waals surface area contributed by atoms with Crippen LogP contribution >= 0.6 is 12.4 Å². The summed E-state index contributed by atoms with van der Waals surface area (Å²) in [6.07, 6.45) is -1.22. The van der Waals surface area contributed by atoms with Gasteiger partial charge < -0.3 is 15.7 Å². The molecule has 3 N–H and O–H groups in total. The maximum Gasteiger partial charge on any atom is 0.405 e. The van der Waals surface area contributed by atoms with E-state index in [2.05, 4.69) is 17.2 Å². The first-order chi connectivity index (χ1) is 5.66. The lowest BCUT2D eigenvalue weighted by atomic mass is 10.5. The second-order valence-corrected chi connectivity index (χ2v) is 1.86. The normalized spacial score (nSPS) is 7.15. The van der Waals surface area contributed by atoms with Crippen molar-refractivity contribution >= 4 is 24.4 Å². The van der Waals surface area contributed by atoms with Gasteiger partial charge in [-0.15, -0.1) is 18.3 Å². The number of carbonyl (C=O) groups is 2. The smallest absolute Gasteiger partial charge is 0.405 e. The van der Waals surface area contributed by atoms with E-state index in [0.717, 1.165) is 0 Å². The summed E-state index contributed by atoms with van der Waals surface area (Å²) in [5, 5.41) is 12.4. The van der Waals surface area contributed by atoms with Gasteiger partial charge in [0.2, 0.25) is 5.91 Å². The number of carboxylic acid groups (broad SMARTS) is 1. The highest BCUT2D eigenvalue weighted by Crippen LogP contribution is 1.65. The van der Waals surface area contributed by atoms with E-state index in [0.29, 0.717) is 0 Å². The Bertz CT molecular complexity index is 232. The first kappa shape index (κ1) is 14.1. The predicted molar refractivity (Wildman–Crippen MR) is 49.7 cm³/mol. The van der Waals surface area contributed by atoms with Crippen LogP contribution in [-0.2, 0) is 4.79 Å². The van der Waals surface area contributed by atoms with E-state index in [1.807, 2.05) is 5.32 Å². The zero-order valence-corrected chi connectivity index (χ0v) is 7.90. The Labute approximate surface area is 82.3 Å². The molecule has 6 heteroatoms. The Morgan fingerprint density at radius 1 is 1.38 bits per heavy atom. The summed E-state index contributed by atoms with van der Waals surface area (Å²) in [7, 11) is 0. The van der Waals surface area contributed by atoms with Crippen LogP contribution in [0.5, 0.6) is 0 Å². The third-order valence-electron chi connectivity index (χ3n) is 0.951. The Balaban J connectivity index is 0. The van der Waals surface area contributed by atoms with Gasteiger partial charge >= 0.3 is 6.09 Å². The third kappa shape index (κ3) is 10.6. The number of nitrogens with one attached hydrogen (secondary N) is 2. The van der Waals surface area contributed by atoms with E-state index in [4.69, 9.17) is 5.11 Å². The molecule has 74 valence electrons. The first-order valence-electron chi connectivity index (χ1n) is 3.30. The van der Waals surface area contributed by atoms with Crippen LogP contribution < -0.4 is 10.6 Å². The standard InChI is InChI=1S/C7H10N2O3.ClH/c1-2-3-4-8-6(10)5-9-7(11)12;/h9H,4-5H2,1H3,(H,8,10)(H,11,12);1H. The lowest BCUT2D eigenvalue weighted by Gasteiger charge is -1.99. The summed E-state index contributed by atoms with van der Waals surface area (Å²) >= 11 is 0. The fourth-order valence-electron chi connectivity index (χ4n) is 0.450. The monoisotopic (exact) mass is 206 g/mol. The quantitative estimate of drug-likeness (QED) is 0.561. The van der Waals surface area contributed by atoms with Crippen molar-refractivity contribution in [2.45, 2.75) is 6.92 Å². The average Bonchev–Trinajstić information content (AvgIpc) is 2.01. The van der Waals surface area contributed by atoms with Gasteiger partial charge in [0, 0.05) is 0 Å². The molecule has 0 aromatic carbocycles. The SMILES string of the molecule is CC#CCNC(=O)CNC(=O)O.Cl. The van der Waals surface area contributed by atoms with Crippen LogP contribution in [0.4, 0.5) is 4.79 Å². The lowest BCUT2D eigenvalue weighted by Crippen LogP contribution is -2.36. The zero-order valence-electron chi connectivity index (χ0n) is 7.09.